The molecule has 0 amide bonds. The SMILES string of the molecule is Cc1c[c-]c(-c2ccc([Si](C)(C)C)cn2)cc1.[Ir].[c-]1ccc2c(oc3ccccc32)c1-c1nc2ccccc2n1-c1c(-c2ccccc2)ccc2ccccc12. The molecule has 1 radical (unpaired) electrons. The second-order valence-corrected chi connectivity index (χ2v) is 20.0. The van der Waals surface area contributed by atoms with Crippen LogP contribution in [0.4, 0.5) is 0 Å². The Morgan fingerprint density at radius 3 is 2.18 bits per heavy atom. The summed E-state index contributed by atoms with van der Waals surface area (Å²) >= 11 is 0. The van der Waals surface area contributed by atoms with Gasteiger partial charge in [-0.3, -0.25) is 4.98 Å². The van der Waals surface area contributed by atoms with E-state index in [1.54, 1.807) is 0 Å². The number of aromatic nitrogens is 3. The van der Waals surface area contributed by atoms with Crippen LogP contribution in [0.2, 0.25) is 19.6 Å². The van der Waals surface area contributed by atoms with Crippen LogP contribution in [0, 0.1) is 19.1 Å². The molecule has 10 aromatic rings. The van der Waals surface area contributed by atoms with Gasteiger partial charge in [-0.15, -0.1) is 53.6 Å². The number of furan rings is 1. The van der Waals surface area contributed by atoms with Crippen LogP contribution in [0.3, 0.4) is 0 Å². The van der Waals surface area contributed by atoms with Crippen LogP contribution in [0.15, 0.2) is 168 Å². The Hall–Kier alpha value is -5.91. The van der Waals surface area contributed by atoms with Crippen LogP contribution in [0.5, 0.6) is 0 Å². The first kappa shape index (κ1) is 37.0. The van der Waals surface area contributed by atoms with Crippen molar-refractivity contribution in [3.8, 4) is 39.5 Å². The number of nitrogens with zero attached hydrogens (tertiary/aromatic N) is 3. The van der Waals surface area contributed by atoms with E-state index >= 15 is 0 Å². The molecule has 0 atom stereocenters. The summed E-state index contributed by atoms with van der Waals surface area (Å²) in [5.74, 6) is 0.810. The molecular formula is C50H39IrN3OSi-2. The largest absolute Gasteiger partial charge is 0.501 e. The molecule has 0 aliphatic carbocycles. The fraction of sp³-hybridized carbons (Fsp3) is 0.0800. The standard InChI is InChI=1S/C35H21N2O.C15H18NSi.Ir/c1-2-11-23(12-3-1)26-22-21-24-13-4-5-14-25(24)33(26)37-31-19-8-7-18-30(31)36-35(37)29-17-10-16-28-27-15-6-9-20-32(27)38-34(28)29;1-12-5-7-13(8-6-12)15-10-9-14(11-16-15)17(2,3)4;/h1-16,18-22H;5-7,9-11H,1-4H3;/q2*-1;. The Balaban J connectivity index is 0.000000207. The molecule has 0 fully saturated rings. The van der Waals surface area contributed by atoms with Crippen LogP contribution in [-0.4, -0.2) is 22.6 Å². The third-order valence-corrected chi connectivity index (χ3v) is 12.2. The Morgan fingerprint density at radius 1 is 0.661 bits per heavy atom. The van der Waals surface area contributed by atoms with E-state index in [1.165, 1.54) is 16.1 Å². The first-order valence-electron chi connectivity index (χ1n) is 18.7. The van der Waals surface area contributed by atoms with Crippen LogP contribution in [-0.2, 0) is 20.1 Å². The summed E-state index contributed by atoms with van der Waals surface area (Å²) in [5.41, 5.74) is 11.2. The molecule has 4 nitrogen and oxygen atoms in total. The number of benzene rings is 7. The van der Waals surface area contributed by atoms with Gasteiger partial charge in [-0.1, -0.05) is 147 Å². The number of hydrogen-bond acceptors (Lipinski definition) is 3. The molecule has 0 spiro atoms. The van der Waals surface area contributed by atoms with Crippen molar-refractivity contribution in [2.75, 3.05) is 0 Å². The summed E-state index contributed by atoms with van der Waals surface area (Å²) in [7, 11) is -1.24. The number of para-hydroxylation sites is 3. The minimum Gasteiger partial charge on any atom is -0.501 e. The number of imidazole rings is 1. The van der Waals surface area contributed by atoms with Gasteiger partial charge < -0.3 is 14.0 Å². The van der Waals surface area contributed by atoms with Crippen LogP contribution < -0.4 is 5.19 Å². The summed E-state index contributed by atoms with van der Waals surface area (Å²) in [5, 5.41) is 5.89. The van der Waals surface area contributed by atoms with E-state index in [2.05, 4.69) is 170 Å². The zero-order valence-electron chi connectivity index (χ0n) is 31.7. The molecule has 0 N–H and O–H groups in total. The zero-order valence-corrected chi connectivity index (χ0v) is 35.1. The minimum absolute atomic E-state index is 0. The first-order chi connectivity index (χ1) is 26.8. The molecule has 6 heteroatoms. The van der Waals surface area contributed by atoms with Crippen molar-refractivity contribution in [1.82, 2.24) is 14.5 Å². The van der Waals surface area contributed by atoms with Gasteiger partial charge in [-0.25, -0.2) is 0 Å². The molecule has 3 aromatic heterocycles. The van der Waals surface area contributed by atoms with Crippen molar-refractivity contribution in [3.05, 3.63) is 182 Å². The van der Waals surface area contributed by atoms with E-state index in [9.17, 15) is 0 Å². The van der Waals surface area contributed by atoms with Crippen molar-refractivity contribution in [3.63, 3.8) is 0 Å². The van der Waals surface area contributed by atoms with Gasteiger partial charge in [-0.05, 0) is 40.0 Å². The smallest absolute Gasteiger partial charge is 0.120 e. The summed E-state index contributed by atoms with van der Waals surface area (Å²) in [6.45, 7) is 9.08. The first-order valence-corrected chi connectivity index (χ1v) is 22.2. The molecule has 7 aromatic carbocycles. The van der Waals surface area contributed by atoms with E-state index in [4.69, 9.17) is 9.40 Å². The van der Waals surface area contributed by atoms with Crippen LogP contribution in [0.25, 0.3) is 83.2 Å². The van der Waals surface area contributed by atoms with Crippen molar-refractivity contribution in [2.45, 2.75) is 26.6 Å². The second kappa shape index (κ2) is 15.3. The van der Waals surface area contributed by atoms with Crippen molar-refractivity contribution < 1.29 is 24.5 Å². The Labute approximate surface area is 341 Å². The summed E-state index contributed by atoms with van der Waals surface area (Å²) < 4.78 is 8.73. The van der Waals surface area contributed by atoms with Crippen LogP contribution in [0.1, 0.15) is 5.56 Å². The van der Waals surface area contributed by atoms with Crippen molar-refractivity contribution >= 4 is 57.0 Å². The molecule has 0 aliphatic rings. The third kappa shape index (κ3) is 6.92. The topological polar surface area (TPSA) is 43.9 Å². The molecule has 56 heavy (non-hydrogen) atoms. The fourth-order valence-corrected chi connectivity index (χ4v) is 8.32. The molecule has 0 saturated carbocycles. The third-order valence-electron chi connectivity index (χ3n) is 10.2. The minimum atomic E-state index is -1.24. The maximum absolute atomic E-state index is 6.44. The molecule has 3 heterocycles. The molecule has 0 saturated heterocycles. The molecular weight excluding hydrogens is 879 g/mol. The normalized spacial score (nSPS) is 11.4. The van der Waals surface area contributed by atoms with E-state index in [0.29, 0.717) is 0 Å². The van der Waals surface area contributed by atoms with Gasteiger partial charge in [0.2, 0.25) is 0 Å². The molecule has 0 aliphatic heterocycles. The summed E-state index contributed by atoms with van der Waals surface area (Å²) in [4.78, 5) is 9.74. The van der Waals surface area contributed by atoms with Gasteiger partial charge >= 0.3 is 0 Å². The van der Waals surface area contributed by atoms with E-state index in [1.807, 2.05) is 42.6 Å². The number of rotatable bonds is 5. The second-order valence-electron chi connectivity index (χ2n) is 15.0. The summed E-state index contributed by atoms with van der Waals surface area (Å²) in [6.07, 6.45) is 2.02. The van der Waals surface area contributed by atoms with E-state index < -0.39 is 8.07 Å². The molecule has 10 rings (SSSR count). The monoisotopic (exact) mass is 918 g/mol. The van der Waals surface area contributed by atoms with Gasteiger partial charge in [0.25, 0.3) is 0 Å². The zero-order chi connectivity index (χ0) is 37.5. The number of fused-ring (bicyclic) bond motifs is 5. The quantitative estimate of drug-likeness (QED) is 0.128. The summed E-state index contributed by atoms with van der Waals surface area (Å²) in [6, 6.07) is 61.3. The maximum atomic E-state index is 6.44. The van der Waals surface area contributed by atoms with E-state index in [0.717, 1.165) is 77.8 Å². The maximum Gasteiger partial charge on any atom is 0.120 e. The van der Waals surface area contributed by atoms with Crippen molar-refractivity contribution in [1.29, 1.82) is 0 Å². The van der Waals surface area contributed by atoms with Gasteiger partial charge in [-0.2, -0.15) is 0 Å². The van der Waals surface area contributed by atoms with Gasteiger partial charge in [0, 0.05) is 42.6 Å². The predicted octanol–water partition coefficient (Wildman–Crippen LogP) is 12.6. The van der Waals surface area contributed by atoms with Crippen LogP contribution >= 0.6 is 0 Å². The predicted molar refractivity (Wildman–Crippen MR) is 232 cm³/mol. The molecule has 0 unspecified atom stereocenters. The van der Waals surface area contributed by atoms with E-state index in [-0.39, 0.29) is 20.1 Å². The Bertz CT molecular complexity index is 2960. The molecule has 0 bridgehead atoms. The van der Waals surface area contributed by atoms with Gasteiger partial charge in [0.1, 0.15) is 5.58 Å². The average Bonchev–Trinajstić information content (AvgIpc) is 3.80. The van der Waals surface area contributed by atoms with Gasteiger partial charge in [0.05, 0.1) is 36.2 Å². The number of aryl methyl sites for hydroxylation is 1. The number of pyridine rings is 1. The van der Waals surface area contributed by atoms with Gasteiger partial charge in [0.15, 0.2) is 0 Å². The molecule has 275 valence electrons. The Kier molecular flexibility index (Phi) is 10.1. The fourth-order valence-electron chi connectivity index (χ4n) is 7.28. The Morgan fingerprint density at radius 2 is 1.41 bits per heavy atom. The van der Waals surface area contributed by atoms with Crippen molar-refractivity contribution in [2.24, 2.45) is 0 Å². The average molecular weight is 918 g/mol. The number of hydrogen-bond donors (Lipinski definition) is 0.